The van der Waals surface area contributed by atoms with E-state index in [-0.39, 0.29) is 30.5 Å². The number of nitrogens with two attached hydrogens (primary N) is 1. The number of benzene rings is 1. The summed E-state index contributed by atoms with van der Waals surface area (Å²) in [5.41, 5.74) is 7.12. The lowest BCUT2D eigenvalue weighted by Gasteiger charge is -2.65. The highest BCUT2D eigenvalue weighted by Gasteiger charge is 2.73. The minimum Gasteiger partial charge on any atom is -0.504 e. The first-order chi connectivity index (χ1) is 13.9. The van der Waals surface area contributed by atoms with Crippen LogP contribution in [0.15, 0.2) is 12.1 Å². The number of phenols is 1. The van der Waals surface area contributed by atoms with Crippen molar-refractivity contribution in [1.29, 1.82) is 0 Å². The number of phenolic OH excluding ortho intramolecular Hbond substituents is 1. The third-order valence-electron chi connectivity index (χ3n) is 8.00. The standard InChI is InChI=1S/C21H29N3O5/c1-24-8-7-20-16-11-3-4-14(25)17(16)29-18(20)12(23-13(10-22)19(26)27)5-6-21(20,28-2)15(24)9-11/h3-4,12-13,15,18,23,25H,5-10,22H2,1-2H3,(H,26,27)/t12-,13-,15?,18-,20-,21+/m0/s1. The molecule has 4 aliphatic rings. The number of nitrogens with one attached hydrogen (secondary N) is 1. The van der Waals surface area contributed by atoms with E-state index in [1.807, 2.05) is 6.07 Å². The van der Waals surface area contributed by atoms with Gasteiger partial charge >= 0.3 is 5.97 Å². The number of carbonyl (C=O) groups is 1. The molecular weight excluding hydrogens is 374 g/mol. The van der Waals surface area contributed by atoms with Gasteiger partial charge in [-0.25, -0.2) is 0 Å². The molecule has 5 N–H and O–H groups in total. The maximum Gasteiger partial charge on any atom is 0.322 e. The topological polar surface area (TPSA) is 117 Å². The second-order valence-electron chi connectivity index (χ2n) is 8.94. The van der Waals surface area contributed by atoms with Crippen molar-refractivity contribution < 1.29 is 24.5 Å². The molecule has 158 valence electrons. The molecule has 6 atom stereocenters. The number of rotatable bonds is 5. The number of aliphatic carboxylic acids is 1. The lowest BCUT2D eigenvalue weighted by atomic mass is 9.48. The highest BCUT2D eigenvalue weighted by molar-refractivity contribution is 5.74. The van der Waals surface area contributed by atoms with E-state index in [2.05, 4.69) is 17.3 Å². The molecule has 8 heteroatoms. The molecule has 1 aromatic carbocycles. The average molecular weight is 403 g/mol. The van der Waals surface area contributed by atoms with Crippen LogP contribution in [0.1, 0.15) is 30.4 Å². The van der Waals surface area contributed by atoms with Gasteiger partial charge in [0.1, 0.15) is 12.1 Å². The molecule has 0 radical (unpaired) electrons. The van der Waals surface area contributed by atoms with Gasteiger partial charge in [-0.3, -0.25) is 10.1 Å². The lowest BCUT2D eigenvalue weighted by molar-refractivity contribution is -0.204. The van der Waals surface area contributed by atoms with Crippen LogP contribution in [0, 0.1) is 0 Å². The molecule has 2 bridgehead atoms. The number of likely N-dealkylation sites (tertiary alicyclic amines) is 1. The van der Waals surface area contributed by atoms with Crippen molar-refractivity contribution in [2.75, 3.05) is 27.2 Å². The summed E-state index contributed by atoms with van der Waals surface area (Å²) in [6.45, 7) is 0.909. The van der Waals surface area contributed by atoms with Gasteiger partial charge in [-0.05, 0) is 50.9 Å². The fourth-order valence-electron chi connectivity index (χ4n) is 6.81. The van der Waals surface area contributed by atoms with Crippen molar-refractivity contribution in [1.82, 2.24) is 10.2 Å². The number of likely N-dealkylation sites (N-methyl/N-ethyl adjacent to an activating group) is 1. The molecule has 2 heterocycles. The van der Waals surface area contributed by atoms with E-state index in [1.165, 1.54) is 5.56 Å². The Balaban J connectivity index is 1.68. The van der Waals surface area contributed by atoms with Crippen molar-refractivity contribution in [2.45, 2.75) is 60.9 Å². The van der Waals surface area contributed by atoms with Gasteiger partial charge in [-0.2, -0.15) is 0 Å². The normalized spacial score (nSPS) is 38.2. The number of methoxy groups -OCH3 is 1. The van der Waals surface area contributed by atoms with Gasteiger partial charge in [0, 0.05) is 31.3 Å². The molecule has 1 aromatic rings. The summed E-state index contributed by atoms with van der Waals surface area (Å²) in [5, 5.41) is 23.4. The van der Waals surface area contributed by atoms with Crippen LogP contribution >= 0.6 is 0 Å². The zero-order chi connectivity index (χ0) is 20.6. The zero-order valence-electron chi connectivity index (χ0n) is 16.9. The predicted octanol–water partition coefficient (Wildman–Crippen LogP) is 0.200. The van der Waals surface area contributed by atoms with Crippen LogP contribution in [0.4, 0.5) is 0 Å². The SMILES string of the molecule is CO[C@@]12CC[C@H](N[C@@H](CN)C(=O)O)[C@@H]3Oc4c(O)ccc5c4[C@@]31CCN(C)C2C5. The summed E-state index contributed by atoms with van der Waals surface area (Å²) >= 11 is 0. The fourth-order valence-corrected chi connectivity index (χ4v) is 6.81. The van der Waals surface area contributed by atoms with Crippen molar-refractivity contribution in [3.05, 3.63) is 23.3 Å². The van der Waals surface area contributed by atoms with Gasteiger partial charge in [0.25, 0.3) is 0 Å². The van der Waals surface area contributed by atoms with Crippen LogP contribution in [0.5, 0.6) is 11.5 Å². The Morgan fingerprint density at radius 1 is 1.48 bits per heavy atom. The van der Waals surface area contributed by atoms with E-state index in [4.69, 9.17) is 15.2 Å². The molecule has 1 saturated carbocycles. The number of hydrogen-bond donors (Lipinski definition) is 4. The first-order valence-corrected chi connectivity index (χ1v) is 10.4. The molecule has 2 fully saturated rings. The van der Waals surface area contributed by atoms with Gasteiger partial charge in [-0.1, -0.05) is 6.07 Å². The lowest BCUT2D eigenvalue weighted by Crippen LogP contribution is -2.78. The van der Waals surface area contributed by atoms with Crippen LogP contribution in [0.2, 0.25) is 0 Å². The summed E-state index contributed by atoms with van der Waals surface area (Å²) in [5.74, 6) is -0.273. The quantitative estimate of drug-likeness (QED) is 0.551. The number of carboxylic acid groups (broad SMARTS) is 1. The van der Waals surface area contributed by atoms with Crippen LogP contribution in [-0.4, -0.2) is 78.2 Å². The highest BCUT2D eigenvalue weighted by Crippen LogP contribution is 2.66. The Morgan fingerprint density at radius 2 is 2.28 bits per heavy atom. The van der Waals surface area contributed by atoms with Gasteiger partial charge in [0.2, 0.25) is 0 Å². The van der Waals surface area contributed by atoms with Crippen LogP contribution in [-0.2, 0) is 21.4 Å². The Labute approximate surface area is 170 Å². The maximum atomic E-state index is 11.6. The van der Waals surface area contributed by atoms with E-state index < -0.39 is 23.0 Å². The molecule has 2 aliphatic heterocycles. The van der Waals surface area contributed by atoms with Crippen molar-refractivity contribution in [3.8, 4) is 11.5 Å². The fraction of sp³-hybridized carbons (Fsp3) is 0.667. The summed E-state index contributed by atoms with van der Waals surface area (Å²) in [6.07, 6.45) is 2.88. The Bertz CT molecular complexity index is 863. The summed E-state index contributed by atoms with van der Waals surface area (Å²) in [7, 11) is 3.93. The minimum atomic E-state index is -0.961. The molecule has 0 aromatic heterocycles. The smallest absolute Gasteiger partial charge is 0.322 e. The Hall–Kier alpha value is -1.87. The molecular formula is C21H29N3O5. The monoisotopic (exact) mass is 403 g/mol. The molecule has 5 rings (SSSR count). The van der Waals surface area contributed by atoms with Crippen molar-refractivity contribution in [2.24, 2.45) is 5.73 Å². The number of piperidine rings is 1. The van der Waals surface area contributed by atoms with Crippen LogP contribution in [0.3, 0.4) is 0 Å². The van der Waals surface area contributed by atoms with Gasteiger partial charge < -0.3 is 30.3 Å². The third-order valence-corrected chi connectivity index (χ3v) is 8.00. The van der Waals surface area contributed by atoms with E-state index in [9.17, 15) is 15.0 Å². The maximum absolute atomic E-state index is 11.6. The molecule has 0 amide bonds. The van der Waals surface area contributed by atoms with E-state index in [1.54, 1.807) is 13.2 Å². The van der Waals surface area contributed by atoms with Gasteiger partial charge in [-0.15, -0.1) is 0 Å². The summed E-state index contributed by atoms with van der Waals surface area (Å²) < 4.78 is 12.8. The first kappa shape index (κ1) is 19.1. The number of aromatic hydroxyl groups is 1. The number of carboxylic acids is 1. The Morgan fingerprint density at radius 3 is 2.97 bits per heavy atom. The average Bonchev–Trinajstić information content (AvgIpc) is 3.06. The zero-order valence-corrected chi connectivity index (χ0v) is 16.9. The molecule has 1 spiro atoms. The largest absolute Gasteiger partial charge is 0.504 e. The molecule has 1 saturated heterocycles. The Kier molecular flexibility index (Phi) is 4.16. The summed E-state index contributed by atoms with van der Waals surface area (Å²) in [4.78, 5) is 14.0. The van der Waals surface area contributed by atoms with E-state index >= 15 is 0 Å². The second kappa shape index (κ2) is 6.31. The third kappa shape index (κ3) is 2.20. The highest BCUT2D eigenvalue weighted by atomic mass is 16.5. The van der Waals surface area contributed by atoms with Gasteiger partial charge in [0.05, 0.1) is 11.0 Å². The molecule has 1 unspecified atom stereocenters. The molecule has 29 heavy (non-hydrogen) atoms. The van der Waals surface area contributed by atoms with Gasteiger partial charge in [0.15, 0.2) is 11.5 Å². The predicted molar refractivity (Wildman–Crippen MR) is 105 cm³/mol. The number of ether oxygens (including phenoxy) is 2. The first-order valence-electron chi connectivity index (χ1n) is 10.4. The molecule has 8 nitrogen and oxygen atoms in total. The minimum absolute atomic E-state index is 0.00971. The molecule has 2 aliphatic carbocycles. The van der Waals surface area contributed by atoms with Crippen LogP contribution in [0.25, 0.3) is 0 Å². The second-order valence-corrected chi connectivity index (χ2v) is 8.94. The number of hydrogen-bond acceptors (Lipinski definition) is 7. The summed E-state index contributed by atoms with van der Waals surface area (Å²) in [6, 6.07) is 2.90. The van der Waals surface area contributed by atoms with Crippen molar-refractivity contribution in [3.63, 3.8) is 0 Å². The van der Waals surface area contributed by atoms with Crippen LogP contribution < -0.4 is 15.8 Å². The van der Waals surface area contributed by atoms with E-state index in [0.29, 0.717) is 5.75 Å². The van der Waals surface area contributed by atoms with E-state index in [0.717, 1.165) is 37.8 Å². The number of nitrogens with zero attached hydrogens (tertiary/aromatic N) is 1. The van der Waals surface area contributed by atoms with Crippen molar-refractivity contribution >= 4 is 5.97 Å².